The molecule has 2 aliphatic rings. The van der Waals surface area contributed by atoms with E-state index in [1.807, 2.05) is 6.92 Å². The van der Waals surface area contributed by atoms with Crippen LogP contribution in [0.15, 0.2) is 33.3 Å². The minimum Gasteiger partial charge on any atom is -0.469 e. The van der Waals surface area contributed by atoms with Crippen molar-refractivity contribution in [3.8, 4) is 0 Å². The van der Waals surface area contributed by atoms with Gasteiger partial charge < -0.3 is 14.2 Å². The van der Waals surface area contributed by atoms with Crippen molar-refractivity contribution < 1.29 is 13.6 Å². The summed E-state index contributed by atoms with van der Waals surface area (Å²) >= 11 is 0. The SMILES string of the molecule is Cc1occc1C(=O)NC1CCN(Cc2ccc(C3CC3C)o2)CC1. The Morgan fingerprint density at radius 3 is 2.68 bits per heavy atom. The fraction of sp³-hybridized carbons (Fsp3) is 0.550. The van der Waals surface area contributed by atoms with Gasteiger partial charge in [0.2, 0.25) is 0 Å². The Labute approximate surface area is 148 Å². The van der Waals surface area contributed by atoms with Crippen molar-refractivity contribution in [1.82, 2.24) is 10.2 Å². The van der Waals surface area contributed by atoms with Crippen LogP contribution in [0.3, 0.4) is 0 Å². The lowest BCUT2D eigenvalue weighted by atomic mass is 10.0. The molecule has 1 saturated carbocycles. The van der Waals surface area contributed by atoms with Gasteiger partial charge in [0.1, 0.15) is 17.3 Å². The molecule has 1 amide bonds. The Kier molecular flexibility index (Phi) is 4.42. The number of hydrogen-bond acceptors (Lipinski definition) is 4. The maximum absolute atomic E-state index is 12.3. The molecule has 5 heteroatoms. The van der Waals surface area contributed by atoms with E-state index < -0.39 is 0 Å². The van der Waals surface area contributed by atoms with Gasteiger partial charge in [0.25, 0.3) is 5.91 Å². The third kappa shape index (κ3) is 3.66. The summed E-state index contributed by atoms with van der Waals surface area (Å²) in [5, 5.41) is 3.13. The minimum atomic E-state index is -0.0288. The Bertz CT molecular complexity index is 740. The van der Waals surface area contributed by atoms with Gasteiger partial charge in [0.15, 0.2) is 0 Å². The number of likely N-dealkylation sites (tertiary alicyclic amines) is 1. The fourth-order valence-corrected chi connectivity index (χ4v) is 3.74. The van der Waals surface area contributed by atoms with Gasteiger partial charge >= 0.3 is 0 Å². The molecule has 2 atom stereocenters. The van der Waals surface area contributed by atoms with E-state index in [1.165, 1.54) is 6.42 Å². The van der Waals surface area contributed by atoms with E-state index in [0.29, 0.717) is 17.2 Å². The molecule has 0 spiro atoms. The van der Waals surface area contributed by atoms with Crippen LogP contribution in [0.25, 0.3) is 0 Å². The predicted octanol–water partition coefficient (Wildman–Crippen LogP) is 3.70. The molecule has 2 aromatic rings. The van der Waals surface area contributed by atoms with E-state index in [9.17, 15) is 4.79 Å². The van der Waals surface area contributed by atoms with Gasteiger partial charge in [0.05, 0.1) is 18.4 Å². The number of amides is 1. The molecule has 134 valence electrons. The number of nitrogens with zero attached hydrogens (tertiary/aromatic N) is 1. The number of aryl methyl sites for hydroxylation is 1. The molecule has 2 unspecified atom stereocenters. The highest BCUT2D eigenvalue weighted by Crippen LogP contribution is 2.47. The molecule has 1 aliphatic carbocycles. The van der Waals surface area contributed by atoms with Gasteiger partial charge in [-0.05, 0) is 50.3 Å². The first-order valence-electron chi connectivity index (χ1n) is 9.26. The van der Waals surface area contributed by atoms with E-state index in [1.54, 1.807) is 12.3 Å². The van der Waals surface area contributed by atoms with Crippen LogP contribution in [0.2, 0.25) is 0 Å². The lowest BCUT2D eigenvalue weighted by molar-refractivity contribution is 0.0904. The lowest BCUT2D eigenvalue weighted by Crippen LogP contribution is -2.44. The predicted molar refractivity (Wildman–Crippen MR) is 94.4 cm³/mol. The van der Waals surface area contributed by atoms with Crippen LogP contribution in [-0.2, 0) is 6.54 Å². The van der Waals surface area contributed by atoms with Gasteiger partial charge in [0, 0.05) is 25.0 Å². The largest absolute Gasteiger partial charge is 0.469 e. The highest BCUT2D eigenvalue weighted by Gasteiger charge is 2.36. The average Bonchev–Trinajstić information content (AvgIpc) is 2.98. The molecule has 4 rings (SSSR count). The zero-order valence-electron chi connectivity index (χ0n) is 15.0. The first-order chi connectivity index (χ1) is 12.1. The fourth-order valence-electron chi connectivity index (χ4n) is 3.74. The monoisotopic (exact) mass is 342 g/mol. The summed E-state index contributed by atoms with van der Waals surface area (Å²) < 4.78 is 11.2. The van der Waals surface area contributed by atoms with E-state index >= 15 is 0 Å². The van der Waals surface area contributed by atoms with Crippen LogP contribution in [0.4, 0.5) is 0 Å². The number of nitrogens with one attached hydrogen (secondary N) is 1. The second-order valence-corrected chi connectivity index (χ2v) is 7.54. The van der Waals surface area contributed by atoms with Crippen LogP contribution in [0.5, 0.6) is 0 Å². The second kappa shape index (κ2) is 6.71. The van der Waals surface area contributed by atoms with Crippen molar-refractivity contribution in [2.24, 2.45) is 5.92 Å². The summed E-state index contributed by atoms with van der Waals surface area (Å²) in [7, 11) is 0. The maximum atomic E-state index is 12.3. The molecular formula is C20H26N2O3. The first-order valence-corrected chi connectivity index (χ1v) is 9.26. The van der Waals surface area contributed by atoms with Crippen LogP contribution in [0, 0.1) is 12.8 Å². The van der Waals surface area contributed by atoms with Crippen molar-refractivity contribution in [3.05, 3.63) is 47.3 Å². The van der Waals surface area contributed by atoms with Gasteiger partial charge in [-0.2, -0.15) is 0 Å². The molecule has 1 N–H and O–H groups in total. The van der Waals surface area contributed by atoms with Gasteiger partial charge in [-0.25, -0.2) is 0 Å². The van der Waals surface area contributed by atoms with E-state index in [2.05, 4.69) is 29.3 Å². The maximum Gasteiger partial charge on any atom is 0.255 e. The normalized spacial score (nSPS) is 24.4. The lowest BCUT2D eigenvalue weighted by Gasteiger charge is -2.31. The van der Waals surface area contributed by atoms with Crippen molar-refractivity contribution in [2.45, 2.75) is 51.6 Å². The van der Waals surface area contributed by atoms with Gasteiger partial charge in [-0.3, -0.25) is 9.69 Å². The number of hydrogen-bond donors (Lipinski definition) is 1. The number of carbonyl (C=O) groups is 1. The second-order valence-electron chi connectivity index (χ2n) is 7.54. The molecule has 2 fully saturated rings. The van der Waals surface area contributed by atoms with Crippen molar-refractivity contribution in [3.63, 3.8) is 0 Å². The van der Waals surface area contributed by atoms with Crippen LogP contribution < -0.4 is 5.32 Å². The van der Waals surface area contributed by atoms with Crippen LogP contribution in [0.1, 0.15) is 59.7 Å². The van der Waals surface area contributed by atoms with Crippen LogP contribution >= 0.6 is 0 Å². The van der Waals surface area contributed by atoms with Gasteiger partial charge in [-0.15, -0.1) is 0 Å². The highest BCUT2D eigenvalue weighted by molar-refractivity contribution is 5.95. The third-order valence-electron chi connectivity index (χ3n) is 5.56. The molecule has 3 heterocycles. The van der Waals surface area contributed by atoms with Crippen molar-refractivity contribution in [1.29, 1.82) is 0 Å². The standard InChI is InChI=1S/C20H26N2O3/c1-13-11-18(13)19-4-3-16(25-19)12-22-8-5-15(6-9-22)21-20(23)17-7-10-24-14(17)2/h3-4,7,10,13,15,18H,5-6,8-9,11-12H2,1-2H3,(H,21,23). The summed E-state index contributed by atoms with van der Waals surface area (Å²) in [5.41, 5.74) is 0.639. The van der Waals surface area contributed by atoms with Crippen molar-refractivity contribution in [2.75, 3.05) is 13.1 Å². The van der Waals surface area contributed by atoms with E-state index in [-0.39, 0.29) is 11.9 Å². The smallest absolute Gasteiger partial charge is 0.255 e. The van der Waals surface area contributed by atoms with E-state index in [0.717, 1.165) is 49.9 Å². The summed E-state index contributed by atoms with van der Waals surface area (Å²) in [4.78, 5) is 14.7. The summed E-state index contributed by atoms with van der Waals surface area (Å²) in [5.74, 6) is 4.27. The zero-order chi connectivity index (χ0) is 17.4. The molecule has 2 aromatic heterocycles. The summed E-state index contributed by atoms with van der Waals surface area (Å²) in [6.45, 7) is 6.91. The topological polar surface area (TPSA) is 58.6 Å². The molecule has 0 aromatic carbocycles. The van der Waals surface area contributed by atoms with Gasteiger partial charge in [-0.1, -0.05) is 6.92 Å². The molecule has 5 nitrogen and oxygen atoms in total. The minimum absolute atomic E-state index is 0.0288. The Morgan fingerprint density at radius 1 is 1.28 bits per heavy atom. The molecule has 0 radical (unpaired) electrons. The molecule has 1 aliphatic heterocycles. The van der Waals surface area contributed by atoms with E-state index in [4.69, 9.17) is 8.83 Å². The average molecular weight is 342 g/mol. The summed E-state index contributed by atoms with van der Waals surface area (Å²) in [6, 6.07) is 6.23. The molecule has 25 heavy (non-hydrogen) atoms. The zero-order valence-corrected chi connectivity index (χ0v) is 15.0. The number of piperidine rings is 1. The highest BCUT2D eigenvalue weighted by atomic mass is 16.3. The Hall–Kier alpha value is -2.01. The Morgan fingerprint density at radius 2 is 2.04 bits per heavy atom. The Balaban J connectivity index is 1.25. The quantitative estimate of drug-likeness (QED) is 0.900. The number of furan rings is 2. The van der Waals surface area contributed by atoms with Crippen molar-refractivity contribution >= 4 is 5.91 Å². The molecule has 0 bridgehead atoms. The third-order valence-corrected chi connectivity index (χ3v) is 5.56. The molecular weight excluding hydrogens is 316 g/mol. The van der Waals surface area contributed by atoms with Crippen LogP contribution in [-0.4, -0.2) is 29.9 Å². The first kappa shape index (κ1) is 16.5. The number of carbonyl (C=O) groups excluding carboxylic acids is 1. The molecule has 1 saturated heterocycles. The number of rotatable bonds is 5. The summed E-state index contributed by atoms with van der Waals surface area (Å²) in [6.07, 6.45) is 4.76.